The van der Waals surface area contributed by atoms with Crippen molar-refractivity contribution in [3.63, 3.8) is 0 Å². The first-order valence-electron chi connectivity index (χ1n) is 10.0. The SMILES string of the molecule is O=C(Nc1ccccc1Cl)c1ccccc1Sc1ccccc1C(=O)Nc1ccccc1Cl. The maximum Gasteiger partial charge on any atom is 0.256 e. The van der Waals surface area contributed by atoms with Crippen LogP contribution in [0, 0.1) is 0 Å². The largest absolute Gasteiger partial charge is 0.321 e. The van der Waals surface area contributed by atoms with Crippen LogP contribution in [0.4, 0.5) is 11.4 Å². The predicted octanol–water partition coefficient (Wildman–Crippen LogP) is 7.65. The first-order chi connectivity index (χ1) is 16.0. The fraction of sp³-hybridized carbons (Fsp3) is 0. The van der Waals surface area contributed by atoms with E-state index in [9.17, 15) is 9.59 Å². The fourth-order valence-electron chi connectivity index (χ4n) is 3.11. The van der Waals surface area contributed by atoms with Crippen LogP contribution in [0.5, 0.6) is 0 Å². The molecular formula is C26H18Cl2N2O2S. The fourth-order valence-corrected chi connectivity index (χ4v) is 4.55. The van der Waals surface area contributed by atoms with E-state index in [1.807, 2.05) is 24.3 Å². The molecule has 0 aromatic heterocycles. The van der Waals surface area contributed by atoms with Crippen LogP contribution in [0.3, 0.4) is 0 Å². The van der Waals surface area contributed by atoms with Gasteiger partial charge >= 0.3 is 0 Å². The van der Waals surface area contributed by atoms with E-state index in [0.29, 0.717) is 42.3 Å². The first kappa shape index (κ1) is 22.9. The zero-order chi connectivity index (χ0) is 23.2. The molecule has 0 atom stereocenters. The lowest BCUT2D eigenvalue weighted by molar-refractivity contribution is 0.101. The molecule has 2 amide bonds. The van der Waals surface area contributed by atoms with Crippen molar-refractivity contribution in [3.8, 4) is 0 Å². The van der Waals surface area contributed by atoms with Crippen LogP contribution in [-0.2, 0) is 0 Å². The molecule has 4 aromatic rings. The lowest BCUT2D eigenvalue weighted by Crippen LogP contribution is -2.14. The van der Waals surface area contributed by atoms with Crippen molar-refractivity contribution in [1.82, 2.24) is 0 Å². The Morgan fingerprint density at radius 3 is 1.33 bits per heavy atom. The number of carbonyl (C=O) groups is 2. The Morgan fingerprint density at radius 1 is 0.545 bits per heavy atom. The minimum atomic E-state index is -0.288. The highest BCUT2D eigenvalue weighted by Gasteiger charge is 2.17. The van der Waals surface area contributed by atoms with E-state index in [0.717, 1.165) is 0 Å². The smallest absolute Gasteiger partial charge is 0.256 e. The quantitative estimate of drug-likeness (QED) is 0.290. The topological polar surface area (TPSA) is 58.2 Å². The molecule has 0 aliphatic carbocycles. The molecule has 2 N–H and O–H groups in total. The second-order valence-corrected chi connectivity index (χ2v) is 8.86. The highest BCUT2D eigenvalue weighted by atomic mass is 35.5. The highest BCUT2D eigenvalue weighted by Crippen LogP contribution is 2.34. The van der Waals surface area contributed by atoms with Gasteiger partial charge in [-0.05, 0) is 48.5 Å². The van der Waals surface area contributed by atoms with Crippen LogP contribution in [0.25, 0.3) is 0 Å². The third-order valence-corrected chi connectivity index (χ3v) is 6.54. The lowest BCUT2D eigenvalue weighted by Gasteiger charge is -2.13. The Bertz CT molecular complexity index is 1230. The van der Waals surface area contributed by atoms with Gasteiger partial charge in [-0.3, -0.25) is 9.59 Å². The first-order valence-corrected chi connectivity index (χ1v) is 11.6. The molecule has 4 aromatic carbocycles. The molecule has 0 radical (unpaired) electrons. The summed E-state index contributed by atoms with van der Waals surface area (Å²) in [5.74, 6) is -0.576. The summed E-state index contributed by atoms with van der Waals surface area (Å²) in [7, 11) is 0. The van der Waals surface area contributed by atoms with Crippen LogP contribution in [0.15, 0.2) is 107 Å². The van der Waals surface area contributed by atoms with Crippen molar-refractivity contribution in [2.75, 3.05) is 10.6 Å². The Kier molecular flexibility index (Phi) is 7.35. The van der Waals surface area contributed by atoms with Crippen LogP contribution in [-0.4, -0.2) is 11.8 Å². The summed E-state index contributed by atoms with van der Waals surface area (Å²) in [6.07, 6.45) is 0. The van der Waals surface area contributed by atoms with Gasteiger partial charge in [0.1, 0.15) is 0 Å². The zero-order valence-electron chi connectivity index (χ0n) is 17.2. The third-order valence-electron chi connectivity index (χ3n) is 4.73. The molecule has 0 unspecified atom stereocenters. The number of rotatable bonds is 6. The van der Waals surface area contributed by atoms with Crippen molar-refractivity contribution >= 4 is 58.2 Å². The Balaban J connectivity index is 1.59. The molecular weight excluding hydrogens is 475 g/mol. The summed E-state index contributed by atoms with van der Waals surface area (Å²) in [5, 5.41) is 6.61. The Labute approximate surface area is 205 Å². The van der Waals surface area contributed by atoms with E-state index in [1.165, 1.54) is 11.8 Å². The highest BCUT2D eigenvalue weighted by molar-refractivity contribution is 7.99. The van der Waals surface area contributed by atoms with E-state index >= 15 is 0 Å². The number of carbonyl (C=O) groups excluding carboxylic acids is 2. The van der Waals surface area contributed by atoms with Crippen molar-refractivity contribution in [1.29, 1.82) is 0 Å². The van der Waals surface area contributed by atoms with Gasteiger partial charge in [-0.1, -0.05) is 83.5 Å². The van der Waals surface area contributed by atoms with Crippen molar-refractivity contribution < 1.29 is 9.59 Å². The van der Waals surface area contributed by atoms with Gasteiger partial charge < -0.3 is 10.6 Å². The van der Waals surface area contributed by atoms with E-state index in [1.54, 1.807) is 72.8 Å². The van der Waals surface area contributed by atoms with Gasteiger partial charge in [0.25, 0.3) is 11.8 Å². The number of benzene rings is 4. The number of amides is 2. The summed E-state index contributed by atoms with van der Waals surface area (Å²) in [5.41, 5.74) is 2.01. The standard InChI is InChI=1S/C26H18Cl2N2O2S/c27-19-11-3-5-13-21(19)29-25(31)17-9-1-7-15-23(17)33-24-16-8-2-10-18(24)26(32)30-22-14-6-4-12-20(22)28/h1-16H,(H,29,31)(H,30,32). The summed E-state index contributed by atoms with van der Waals surface area (Å²) < 4.78 is 0. The summed E-state index contributed by atoms with van der Waals surface area (Å²) in [6.45, 7) is 0. The van der Waals surface area contributed by atoms with Crippen LogP contribution >= 0.6 is 35.0 Å². The van der Waals surface area contributed by atoms with Crippen molar-refractivity contribution in [2.24, 2.45) is 0 Å². The van der Waals surface area contributed by atoms with Gasteiger partial charge in [0.05, 0.1) is 32.5 Å². The van der Waals surface area contributed by atoms with E-state index in [-0.39, 0.29) is 11.8 Å². The molecule has 7 heteroatoms. The molecule has 164 valence electrons. The molecule has 0 saturated carbocycles. The summed E-state index contributed by atoms with van der Waals surface area (Å²) in [4.78, 5) is 27.4. The second kappa shape index (κ2) is 10.6. The van der Waals surface area contributed by atoms with Gasteiger partial charge in [-0.2, -0.15) is 0 Å². The van der Waals surface area contributed by atoms with E-state index in [4.69, 9.17) is 23.2 Å². The third kappa shape index (κ3) is 5.57. The summed E-state index contributed by atoms with van der Waals surface area (Å²) in [6, 6.07) is 28.5. The molecule has 0 spiro atoms. The average molecular weight is 493 g/mol. The Morgan fingerprint density at radius 2 is 0.909 bits per heavy atom. The molecule has 33 heavy (non-hydrogen) atoms. The number of hydrogen-bond acceptors (Lipinski definition) is 3. The van der Waals surface area contributed by atoms with E-state index in [2.05, 4.69) is 10.6 Å². The number of hydrogen-bond donors (Lipinski definition) is 2. The van der Waals surface area contributed by atoms with Crippen LogP contribution in [0.1, 0.15) is 20.7 Å². The maximum absolute atomic E-state index is 13.0. The second-order valence-electron chi connectivity index (χ2n) is 6.96. The molecule has 0 heterocycles. The van der Waals surface area contributed by atoms with Crippen LogP contribution < -0.4 is 10.6 Å². The lowest BCUT2D eigenvalue weighted by atomic mass is 10.2. The molecule has 0 aliphatic rings. The van der Waals surface area contributed by atoms with Gasteiger partial charge in [0.15, 0.2) is 0 Å². The summed E-state index contributed by atoms with van der Waals surface area (Å²) >= 11 is 13.7. The van der Waals surface area contributed by atoms with Crippen molar-refractivity contribution in [2.45, 2.75) is 9.79 Å². The van der Waals surface area contributed by atoms with Gasteiger partial charge in [-0.25, -0.2) is 0 Å². The maximum atomic E-state index is 13.0. The predicted molar refractivity (Wildman–Crippen MR) is 136 cm³/mol. The minimum Gasteiger partial charge on any atom is -0.321 e. The molecule has 0 aliphatic heterocycles. The normalized spacial score (nSPS) is 10.5. The molecule has 0 bridgehead atoms. The number of halogens is 2. The van der Waals surface area contributed by atoms with E-state index < -0.39 is 0 Å². The average Bonchev–Trinajstić information content (AvgIpc) is 2.82. The zero-order valence-corrected chi connectivity index (χ0v) is 19.5. The molecule has 0 saturated heterocycles. The molecule has 4 nitrogen and oxygen atoms in total. The van der Waals surface area contributed by atoms with Gasteiger partial charge in [0.2, 0.25) is 0 Å². The number of para-hydroxylation sites is 2. The van der Waals surface area contributed by atoms with Gasteiger partial charge in [-0.15, -0.1) is 0 Å². The minimum absolute atomic E-state index is 0.288. The monoisotopic (exact) mass is 492 g/mol. The number of anilines is 2. The number of nitrogens with one attached hydrogen (secondary N) is 2. The van der Waals surface area contributed by atoms with Crippen LogP contribution in [0.2, 0.25) is 10.0 Å². The Hall–Kier alpha value is -3.25. The van der Waals surface area contributed by atoms with Gasteiger partial charge in [0, 0.05) is 9.79 Å². The van der Waals surface area contributed by atoms with Crippen molar-refractivity contribution in [3.05, 3.63) is 118 Å². The molecule has 0 fully saturated rings. The molecule has 4 rings (SSSR count).